The van der Waals surface area contributed by atoms with Crippen molar-refractivity contribution < 1.29 is 48.8 Å². The molecule has 0 aliphatic heterocycles. The Labute approximate surface area is 108 Å². The summed E-state index contributed by atoms with van der Waals surface area (Å²) in [5, 5.41) is 57.4. The van der Waals surface area contributed by atoms with Crippen LogP contribution in [0.1, 0.15) is 0 Å². The van der Waals surface area contributed by atoms with Gasteiger partial charge in [0.1, 0.15) is 30.5 Å². The number of aliphatic hydroxyl groups is 6. The molecule has 19 heavy (non-hydrogen) atoms. The zero-order valence-electron chi connectivity index (χ0n) is 10.2. The standard InChI is InChI=1S/C8H17O10P/c1-16-19(15,17-2)18-8(14)6(12)4(10)3(9)5(11)7(8)13/h3-7,9-14H,1-2H3/t3-,4-,5+,6-,7-,8-/m1/s1. The fourth-order valence-corrected chi connectivity index (χ4v) is 2.55. The SMILES string of the molecule is COP(=O)(OC)O[C@]1(O)[C@H](O)[C@H](O)[C@@H](O)[C@H](O)[C@H]1O. The molecule has 1 aliphatic carbocycles. The number of hydrogen-bond acceptors (Lipinski definition) is 10. The summed E-state index contributed by atoms with van der Waals surface area (Å²) in [5.74, 6) is -3.06. The monoisotopic (exact) mass is 304 g/mol. The highest BCUT2D eigenvalue weighted by molar-refractivity contribution is 7.48. The summed E-state index contributed by atoms with van der Waals surface area (Å²) in [5.41, 5.74) is 0. The van der Waals surface area contributed by atoms with Gasteiger partial charge in [-0.2, -0.15) is 0 Å². The molecule has 114 valence electrons. The summed E-state index contributed by atoms with van der Waals surface area (Å²) in [4.78, 5) is 0. The highest BCUT2D eigenvalue weighted by Crippen LogP contribution is 2.53. The van der Waals surface area contributed by atoms with Crippen LogP contribution >= 0.6 is 7.82 Å². The molecule has 10 nitrogen and oxygen atoms in total. The van der Waals surface area contributed by atoms with Gasteiger partial charge in [-0.1, -0.05) is 0 Å². The maximum absolute atomic E-state index is 11.7. The molecule has 0 unspecified atom stereocenters. The number of phosphoric acid groups is 1. The van der Waals surface area contributed by atoms with Crippen molar-refractivity contribution in [1.82, 2.24) is 0 Å². The first kappa shape index (κ1) is 16.9. The Hall–Kier alpha value is -0.130. The summed E-state index contributed by atoms with van der Waals surface area (Å²) in [6.45, 7) is 0. The topological polar surface area (TPSA) is 166 Å². The number of phosphoric ester groups is 1. The Morgan fingerprint density at radius 1 is 0.895 bits per heavy atom. The Bertz CT molecular complexity index is 337. The van der Waals surface area contributed by atoms with Crippen LogP contribution in [0, 0.1) is 0 Å². The van der Waals surface area contributed by atoms with Crippen LogP contribution in [0.15, 0.2) is 0 Å². The normalized spacial score (nSPS) is 44.3. The molecule has 6 atom stereocenters. The highest BCUT2D eigenvalue weighted by atomic mass is 31.2. The van der Waals surface area contributed by atoms with Gasteiger partial charge in [-0.25, -0.2) is 9.09 Å². The van der Waals surface area contributed by atoms with E-state index in [0.29, 0.717) is 0 Å². The predicted molar refractivity (Wildman–Crippen MR) is 57.7 cm³/mol. The molecule has 0 radical (unpaired) electrons. The van der Waals surface area contributed by atoms with Gasteiger partial charge in [-0.15, -0.1) is 0 Å². The Kier molecular flexibility index (Phi) is 5.08. The van der Waals surface area contributed by atoms with Crippen LogP contribution in [-0.2, 0) is 18.1 Å². The lowest BCUT2D eigenvalue weighted by Crippen LogP contribution is -2.71. The quantitative estimate of drug-likeness (QED) is 0.231. The van der Waals surface area contributed by atoms with Crippen LogP contribution in [0.4, 0.5) is 0 Å². The van der Waals surface area contributed by atoms with Gasteiger partial charge in [-0.05, 0) is 0 Å². The van der Waals surface area contributed by atoms with E-state index in [9.17, 15) is 35.2 Å². The van der Waals surface area contributed by atoms with Crippen LogP contribution in [0.2, 0.25) is 0 Å². The highest BCUT2D eigenvalue weighted by Gasteiger charge is 2.61. The zero-order chi connectivity index (χ0) is 15.0. The van der Waals surface area contributed by atoms with Crippen molar-refractivity contribution in [3.05, 3.63) is 0 Å². The molecule has 1 aliphatic rings. The largest absolute Gasteiger partial charge is 0.476 e. The molecule has 0 heterocycles. The van der Waals surface area contributed by atoms with E-state index in [2.05, 4.69) is 13.6 Å². The van der Waals surface area contributed by atoms with Crippen molar-refractivity contribution in [2.24, 2.45) is 0 Å². The fourth-order valence-electron chi connectivity index (χ4n) is 1.68. The minimum absolute atomic E-state index is 0.914. The van der Waals surface area contributed by atoms with Crippen molar-refractivity contribution in [2.75, 3.05) is 14.2 Å². The third kappa shape index (κ3) is 2.83. The van der Waals surface area contributed by atoms with Crippen molar-refractivity contribution >= 4 is 7.82 Å². The molecule has 1 fully saturated rings. The number of rotatable bonds is 4. The Morgan fingerprint density at radius 3 is 1.58 bits per heavy atom. The van der Waals surface area contributed by atoms with Gasteiger partial charge in [0.15, 0.2) is 0 Å². The first-order valence-electron chi connectivity index (χ1n) is 5.18. The second-order valence-electron chi connectivity index (χ2n) is 4.02. The molecule has 6 N–H and O–H groups in total. The molecule has 11 heteroatoms. The lowest BCUT2D eigenvalue weighted by Gasteiger charge is -2.46. The van der Waals surface area contributed by atoms with Crippen LogP contribution in [0.25, 0.3) is 0 Å². The molecule has 0 saturated heterocycles. The maximum atomic E-state index is 11.7. The van der Waals surface area contributed by atoms with Gasteiger partial charge in [0, 0.05) is 14.2 Å². The van der Waals surface area contributed by atoms with Crippen molar-refractivity contribution in [1.29, 1.82) is 0 Å². The van der Waals surface area contributed by atoms with Gasteiger partial charge in [-0.3, -0.25) is 9.05 Å². The van der Waals surface area contributed by atoms with E-state index < -0.39 is 44.1 Å². The van der Waals surface area contributed by atoms with E-state index in [1.165, 1.54) is 0 Å². The third-order valence-corrected chi connectivity index (χ3v) is 4.31. The number of aliphatic hydroxyl groups excluding tert-OH is 5. The van der Waals surface area contributed by atoms with E-state index in [4.69, 9.17) is 0 Å². The zero-order valence-corrected chi connectivity index (χ0v) is 11.0. The van der Waals surface area contributed by atoms with Gasteiger partial charge in [0.25, 0.3) is 0 Å². The third-order valence-electron chi connectivity index (χ3n) is 2.90. The molecular formula is C8H17O10P. The molecule has 1 saturated carbocycles. The van der Waals surface area contributed by atoms with Gasteiger partial charge in [0.2, 0.25) is 5.79 Å². The van der Waals surface area contributed by atoms with Crippen LogP contribution in [-0.4, -0.2) is 81.2 Å². The van der Waals surface area contributed by atoms with Crippen LogP contribution in [0.5, 0.6) is 0 Å². The summed E-state index contributed by atoms with van der Waals surface area (Å²) in [7, 11) is -2.51. The molecule has 0 bridgehead atoms. The van der Waals surface area contributed by atoms with Gasteiger partial charge in [0.05, 0.1) is 0 Å². The molecular weight excluding hydrogens is 287 g/mol. The fraction of sp³-hybridized carbons (Fsp3) is 1.00. The molecule has 1 rings (SSSR count). The second-order valence-corrected chi connectivity index (χ2v) is 5.82. The average molecular weight is 304 g/mol. The molecule has 0 aromatic rings. The van der Waals surface area contributed by atoms with E-state index in [0.717, 1.165) is 14.2 Å². The minimum atomic E-state index is -4.34. The minimum Gasteiger partial charge on any atom is -0.387 e. The molecule has 0 aromatic carbocycles. The lowest BCUT2D eigenvalue weighted by molar-refractivity contribution is -0.337. The van der Waals surface area contributed by atoms with Crippen molar-refractivity contribution in [3.8, 4) is 0 Å². The first-order chi connectivity index (χ1) is 8.63. The van der Waals surface area contributed by atoms with E-state index in [-0.39, 0.29) is 0 Å². The predicted octanol–water partition coefficient (Wildman–Crippen LogP) is -3.09. The summed E-state index contributed by atoms with van der Waals surface area (Å²) in [6.07, 6.45) is -10.6. The maximum Gasteiger partial charge on any atom is 0.476 e. The summed E-state index contributed by atoms with van der Waals surface area (Å²) in [6, 6.07) is 0. The van der Waals surface area contributed by atoms with E-state index >= 15 is 0 Å². The molecule has 0 amide bonds. The van der Waals surface area contributed by atoms with Crippen LogP contribution in [0.3, 0.4) is 0 Å². The van der Waals surface area contributed by atoms with Gasteiger partial charge < -0.3 is 30.6 Å². The molecule has 0 aromatic heterocycles. The van der Waals surface area contributed by atoms with Gasteiger partial charge >= 0.3 is 7.82 Å². The van der Waals surface area contributed by atoms with Crippen LogP contribution < -0.4 is 0 Å². The summed E-state index contributed by atoms with van der Waals surface area (Å²) < 4.78 is 25.0. The lowest BCUT2D eigenvalue weighted by atomic mass is 9.82. The molecule has 0 spiro atoms. The first-order valence-corrected chi connectivity index (χ1v) is 6.64. The van der Waals surface area contributed by atoms with Crippen molar-refractivity contribution in [3.63, 3.8) is 0 Å². The smallest absolute Gasteiger partial charge is 0.387 e. The Balaban J connectivity index is 3.10. The Morgan fingerprint density at radius 2 is 1.26 bits per heavy atom. The summed E-state index contributed by atoms with van der Waals surface area (Å²) >= 11 is 0. The number of hydrogen-bond donors (Lipinski definition) is 6. The van der Waals surface area contributed by atoms with E-state index in [1.807, 2.05) is 0 Å². The second kappa shape index (κ2) is 5.70. The van der Waals surface area contributed by atoms with Crippen molar-refractivity contribution in [2.45, 2.75) is 36.3 Å². The van der Waals surface area contributed by atoms with E-state index in [1.54, 1.807) is 0 Å². The average Bonchev–Trinajstić information content (AvgIpc) is 2.41.